The van der Waals surface area contributed by atoms with Crippen molar-refractivity contribution in [1.82, 2.24) is 5.32 Å². The van der Waals surface area contributed by atoms with Crippen LogP contribution in [0.1, 0.15) is 22.4 Å². The fourth-order valence-electron chi connectivity index (χ4n) is 2.54. The van der Waals surface area contributed by atoms with Gasteiger partial charge in [0.15, 0.2) is 0 Å². The number of aryl methyl sites for hydroxylation is 1. The second-order valence-corrected chi connectivity index (χ2v) is 5.85. The van der Waals surface area contributed by atoms with Gasteiger partial charge in [-0.15, -0.1) is 11.3 Å². The molecule has 1 amide bonds. The Balaban J connectivity index is 1.76. The van der Waals surface area contributed by atoms with Crippen molar-refractivity contribution in [1.29, 1.82) is 5.26 Å². The third-order valence-electron chi connectivity index (χ3n) is 3.51. The molecule has 0 radical (unpaired) electrons. The highest BCUT2D eigenvalue weighted by Crippen LogP contribution is 2.38. The van der Waals surface area contributed by atoms with E-state index in [4.69, 9.17) is 4.74 Å². The average molecular weight is 277 g/mol. The number of rotatable bonds is 2. The van der Waals surface area contributed by atoms with Gasteiger partial charge in [0, 0.05) is 11.4 Å². The van der Waals surface area contributed by atoms with Crippen LogP contribution in [0, 0.1) is 11.3 Å². The molecule has 0 saturated carbocycles. The highest BCUT2D eigenvalue weighted by atomic mass is 32.1. The Morgan fingerprint density at radius 2 is 2.42 bits per heavy atom. The number of anilines is 1. The molecule has 1 unspecified atom stereocenters. The van der Waals surface area contributed by atoms with Crippen LogP contribution in [0.15, 0.2) is 0 Å². The fourth-order valence-corrected chi connectivity index (χ4v) is 3.79. The Hall–Kier alpha value is -1.42. The maximum Gasteiger partial charge on any atom is 0.244 e. The van der Waals surface area contributed by atoms with Gasteiger partial charge in [0.05, 0.1) is 18.8 Å². The number of amides is 1. The molecule has 0 aromatic carbocycles. The van der Waals surface area contributed by atoms with Gasteiger partial charge >= 0.3 is 0 Å². The van der Waals surface area contributed by atoms with Crippen LogP contribution in [-0.2, 0) is 22.4 Å². The molecule has 3 rings (SSSR count). The molecule has 1 aliphatic heterocycles. The number of nitrogens with one attached hydrogen (secondary N) is 2. The maximum absolute atomic E-state index is 12.1. The summed E-state index contributed by atoms with van der Waals surface area (Å²) >= 11 is 1.54. The van der Waals surface area contributed by atoms with E-state index in [0.717, 1.165) is 24.8 Å². The summed E-state index contributed by atoms with van der Waals surface area (Å²) in [4.78, 5) is 13.4. The maximum atomic E-state index is 12.1. The highest BCUT2D eigenvalue weighted by molar-refractivity contribution is 7.16. The molecule has 1 aromatic rings. The van der Waals surface area contributed by atoms with E-state index in [9.17, 15) is 10.1 Å². The largest absolute Gasteiger partial charge is 0.378 e. The second-order valence-electron chi connectivity index (χ2n) is 4.74. The number of hydrogen-bond acceptors (Lipinski definition) is 5. The molecule has 1 aromatic heterocycles. The lowest BCUT2D eigenvalue weighted by Gasteiger charge is -2.22. The van der Waals surface area contributed by atoms with Crippen LogP contribution in [0.25, 0.3) is 0 Å². The van der Waals surface area contributed by atoms with Gasteiger partial charge in [-0.3, -0.25) is 4.79 Å². The Kier molecular flexibility index (Phi) is 3.51. The molecule has 2 heterocycles. The van der Waals surface area contributed by atoms with E-state index in [0.29, 0.717) is 30.3 Å². The molecule has 1 saturated heterocycles. The lowest BCUT2D eigenvalue weighted by atomic mass is 10.1. The summed E-state index contributed by atoms with van der Waals surface area (Å²) in [5.41, 5.74) is 1.79. The van der Waals surface area contributed by atoms with E-state index in [1.807, 2.05) is 0 Å². The molecule has 100 valence electrons. The van der Waals surface area contributed by atoms with Crippen molar-refractivity contribution in [3.05, 3.63) is 16.0 Å². The lowest BCUT2D eigenvalue weighted by molar-refractivity contribution is -0.120. The number of nitriles is 1. The molecule has 1 aliphatic carbocycles. The predicted molar refractivity (Wildman–Crippen MR) is 72.3 cm³/mol. The Morgan fingerprint density at radius 3 is 3.16 bits per heavy atom. The van der Waals surface area contributed by atoms with E-state index in [2.05, 4.69) is 16.7 Å². The number of fused-ring (bicyclic) bond motifs is 1. The third kappa shape index (κ3) is 2.37. The number of morpholine rings is 1. The van der Waals surface area contributed by atoms with Gasteiger partial charge in [-0.1, -0.05) is 0 Å². The molecular formula is C13H15N3O2S. The Labute approximate surface area is 115 Å². The lowest BCUT2D eigenvalue weighted by Crippen LogP contribution is -2.48. The van der Waals surface area contributed by atoms with E-state index in [1.165, 1.54) is 4.88 Å². The normalized spacial score (nSPS) is 21.7. The van der Waals surface area contributed by atoms with Crippen molar-refractivity contribution in [3.8, 4) is 6.07 Å². The zero-order chi connectivity index (χ0) is 13.2. The first-order valence-electron chi connectivity index (χ1n) is 6.46. The highest BCUT2D eigenvalue weighted by Gasteiger charge is 2.26. The van der Waals surface area contributed by atoms with Crippen molar-refractivity contribution in [2.45, 2.75) is 25.3 Å². The minimum Gasteiger partial charge on any atom is -0.378 e. The summed E-state index contributed by atoms with van der Waals surface area (Å²) in [6, 6.07) is 1.91. The van der Waals surface area contributed by atoms with E-state index < -0.39 is 0 Å². The molecule has 6 heteroatoms. The van der Waals surface area contributed by atoms with Gasteiger partial charge in [-0.05, 0) is 24.8 Å². The first kappa shape index (κ1) is 12.6. The van der Waals surface area contributed by atoms with Crippen molar-refractivity contribution in [2.24, 2.45) is 0 Å². The predicted octanol–water partition coefficient (Wildman–Crippen LogP) is 1.04. The summed E-state index contributed by atoms with van der Waals surface area (Å²) in [6.07, 6.45) is 3.09. The molecule has 1 atom stereocenters. The van der Waals surface area contributed by atoms with E-state index in [-0.39, 0.29) is 11.9 Å². The summed E-state index contributed by atoms with van der Waals surface area (Å²) in [5.74, 6) is -0.115. The Bertz CT molecular complexity index is 541. The molecule has 0 spiro atoms. The topological polar surface area (TPSA) is 74.2 Å². The first-order valence-corrected chi connectivity index (χ1v) is 7.28. The van der Waals surface area contributed by atoms with Crippen molar-refractivity contribution in [2.75, 3.05) is 25.1 Å². The summed E-state index contributed by atoms with van der Waals surface area (Å²) in [7, 11) is 0. The summed E-state index contributed by atoms with van der Waals surface area (Å²) in [6.45, 7) is 1.71. The first-order chi connectivity index (χ1) is 9.29. The number of hydrogen-bond donors (Lipinski definition) is 2. The number of nitrogens with zero attached hydrogens (tertiary/aromatic N) is 1. The second kappa shape index (κ2) is 5.29. The molecule has 0 bridgehead atoms. The summed E-state index contributed by atoms with van der Waals surface area (Å²) < 4.78 is 5.27. The van der Waals surface area contributed by atoms with E-state index >= 15 is 0 Å². The molecule has 1 fully saturated rings. The van der Waals surface area contributed by atoms with Crippen LogP contribution in [-0.4, -0.2) is 31.7 Å². The standard InChI is InChI=1S/C13H15N3O2S/c14-6-9-8-2-1-3-11(8)19-13(9)16-12(17)10-7-18-5-4-15-10/h10,15H,1-5,7H2,(H,16,17). The fraction of sp³-hybridized carbons (Fsp3) is 0.538. The quantitative estimate of drug-likeness (QED) is 0.847. The number of carbonyl (C=O) groups is 1. The number of ether oxygens (including phenoxy) is 1. The zero-order valence-electron chi connectivity index (χ0n) is 10.5. The van der Waals surface area contributed by atoms with Crippen LogP contribution >= 0.6 is 11.3 Å². The van der Waals surface area contributed by atoms with Crippen LogP contribution in [0.5, 0.6) is 0 Å². The monoisotopic (exact) mass is 277 g/mol. The number of thiophene rings is 1. The van der Waals surface area contributed by atoms with Gasteiger partial charge in [0.2, 0.25) is 5.91 Å². The smallest absolute Gasteiger partial charge is 0.244 e. The van der Waals surface area contributed by atoms with Crippen LogP contribution in [0.2, 0.25) is 0 Å². The Morgan fingerprint density at radius 1 is 1.53 bits per heavy atom. The van der Waals surface area contributed by atoms with Gasteiger partial charge in [-0.25, -0.2) is 0 Å². The molecule has 19 heavy (non-hydrogen) atoms. The van der Waals surface area contributed by atoms with Gasteiger partial charge < -0.3 is 15.4 Å². The molecule has 2 aliphatic rings. The van der Waals surface area contributed by atoms with Crippen LogP contribution in [0.3, 0.4) is 0 Å². The summed E-state index contributed by atoms with van der Waals surface area (Å²) in [5, 5.41) is 15.9. The van der Waals surface area contributed by atoms with Crippen LogP contribution < -0.4 is 10.6 Å². The zero-order valence-corrected chi connectivity index (χ0v) is 11.3. The van der Waals surface area contributed by atoms with Gasteiger partial charge in [0.25, 0.3) is 0 Å². The molecule has 5 nitrogen and oxygen atoms in total. The van der Waals surface area contributed by atoms with Crippen molar-refractivity contribution < 1.29 is 9.53 Å². The van der Waals surface area contributed by atoms with Crippen LogP contribution in [0.4, 0.5) is 5.00 Å². The average Bonchev–Trinajstić information content (AvgIpc) is 3.00. The van der Waals surface area contributed by atoms with Crippen molar-refractivity contribution in [3.63, 3.8) is 0 Å². The van der Waals surface area contributed by atoms with Gasteiger partial charge in [-0.2, -0.15) is 5.26 Å². The molecule has 2 N–H and O–H groups in total. The molecular weight excluding hydrogens is 262 g/mol. The third-order valence-corrected chi connectivity index (χ3v) is 4.72. The minimum absolute atomic E-state index is 0.115. The van der Waals surface area contributed by atoms with E-state index in [1.54, 1.807) is 11.3 Å². The van der Waals surface area contributed by atoms with Gasteiger partial charge in [0.1, 0.15) is 17.1 Å². The SMILES string of the molecule is N#Cc1c(NC(=O)C2COCCN2)sc2c1CCC2. The number of carbonyl (C=O) groups excluding carboxylic acids is 1. The minimum atomic E-state index is -0.322. The van der Waals surface area contributed by atoms with Crippen molar-refractivity contribution >= 4 is 22.2 Å².